The quantitative estimate of drug-likeness (QED) is 0.699. The van der Waals surface area contributed by atoms with Crippen molar-refractivity contribution < 1.29 is 22.8 Å². The Kier molecular flexibility index (Phi) is 4.24. The average molecular weight is 381 g/mol. The van der Waals surface area contributed by atoms with Gasteiger partial charge in [0, 0.05) is 0 Å². The smallest absolute Gasteiger partial charge is 0.357 e. The van der Waals surface area contributed by atoms with Gasteiger partial charge in [0.15, 0.2) is 0 Å². The van der Waals surface area contributed by atoms with E-state index >= 15 is 0 Å². The Balaban J connectivity index is 1.70. The van der Waals surface area contributed by atoms with E-state index in [9.17, 15) is 13.5 Å². The molecule has 2 saturated carbocycles. The van der Waals surface area contributed by atoms with Gasteiger partial charge >= 0.3 is 10.3 Å². The number of hydrogen-bond acceptors (Lipinski definition) is 4. The first-order chi connectivity index (χ1) is 12.2. The first kappa shape index (κ1) is 18.1. The van der Waals surface area contributed by atoms with Gasteiger partial charge in [0.2, 0.25) is 0 Å². The second-order valence-corrected chi connectivity index (χ2v) is 9.54. The van der Waals surface area contributed by atoms with Gasteiger partial charge in [-0.2, -0.15) is 8.42 Å². The molecule has 7 heteroatoms. The molecule has 26 heavy (non-hydrogen) atoms. The standard InChI is InChI=1S/C19H27NO5S/c1-19-8-7-12-13(15(19)5-6-18(19)21)4-3-11-9-16(20-26(22,23)24)17(25-2)10-14(11)12/h9-10,12-13,15,18,20-21H,3-8H2,1-2H3,(H,22,23,24)/t12?,13?,15?,18-,19-/m0/s1. The van der Waals surface area contributed by atoms with Crippen molar-refractivity contribution in [3.63, 3.8) is 0 Å². The zero-order valence-corrected chi connectivity index (χ0v) is 16.1. The third-order valence-electron chi connectivity index (χ3n) is 7.23. The van der Waals surface area contributed by atoms with Crippen molar-refractivity contribution in [2.24, 2.45) is 17.3 Å². The van der Waals surface area contributed by atoms with Crippen molar-refractivity contribution in [3.05, 3.63) is 23.3 Å². The first-order valence-corrected chi connectivity index (χ1v) is 10.8. The molecule has 3 aliphatic rings. The molecule has 0 spiro atoms. The molecule has 0 aliphatic heterocycles. The molecule has 5 atom stereocenters. The lowest BCUT2D eigenvalue weighted by molar-refractivity contribution is -0.0226. The number of ether oxygens (including phenoxy) is 1. The van der Waals surface area contributed by atoms with Crippen LogP contribution in [0.4, 0.5) is 5.69 Å². The predicted octanol–water partition coefficient (Wildman–Crippen LogP) is 3.13. The highest BCUT2D eigenvalue weighted by atomic mass is 32.2. The molecular weight excluding hydrogens is 354 g/mol. The fraction of sp³-hybridized carbons (Fsp3) is 0.684. The van der Waals surface area contributed by atoms with E-state index in [2.05, 4.69) is 11.6 Å². The summed E-state index contributed by atoms with van der Waals surface area (Å²) in [6.07, 6.45) is 5.80. The minimum atomic E-state index is -4.34. The van der Waals surface area contributed by atoms with Crippen LogP contribution in [0.1, 0.15) is 56.1 Å². The van der Waals surface area contributed by atoms with Crippen LogP contribution in [0, 0.1) is 17.3 Å². The summed E-state index contributed by atoms with van der Waals surface area (Å²) >= 11 is 0. The topological polar surface area (TPSA) is 95.9 Å². The molecule has 2 fully saturated rings. The summed E-state index contributed by atoms with van der Waals surface area (Å²) in [6.45, 7) is 2.25. The van der Waals surface area contributed by atoms with E-state index in [1.165, 1.54) is 12.7 Å². The summed E-state index contributed by atoms with van der Waals surface area (Å²) in [7, 11) is -2.84. The van der Waals surface area contributed by atoms with Crippen molar-refractivity contribution in [2.75, 3.05) is 11.8 Å². The van der Waals surface area contributed by atoms with Gasteiger partial charge in [-0.05, 0) is 85.0 Å². The van der Waals surface area contributed by atoms with Crippen LogP contribution in [0.3, 0.4) is 0 Å². The highest BCUT2D eigenvalue weighted by molar-refractivity contribution is 7.87. The summed E-state index contributed by atoms with van der Waals surface area (Å²) in [4.78, 5) is 0. The maximum absolute atomic E-state index is 11.2. The molecule has 3 aliphatic carbocycles. The Labute approximate surface area is 154 Å². The predicted molar refractivity (Wildman–Crippen MR) is 98.8 cm³/mol. The van der Waals surface area contributed by atoms with Crippen molar-refractivity contribution in [3.8, 4) is 5.75 Å². The van der Waals surface area contributed by atoms with Crippen LogP contribution >= 0.6 is 0 Å². The van der Waals surface area contributed by atoms with E-state index in [1.54, 1.807) is 6.07 Å². The Bertz CT molecular complexity index is 823. The Morgan fingerprint density at radius 2 is 2.00 bits per heavy atom. The van der Waals surface area contributed by atoms with Crippen LogP contribution in [0.25, 0.3) is 0 Å². The minimum absolute atomic E-state index is 0.0369. The maximum Gasteiger partial charge on any atom is 0.357 e. The van der Waals surface area contributed by atoms with E-state index in [1.807, 2.05) is 6.07 Å². The molecule has 3 unspecified atom stereocenters. The minimum Gasteiger partial charge on any atom is -0.495 e. The van der Waals surface area contributed by atoms with Gasteiger partial charge in [0.1, 0.15) is 5.75 Å². The molecule has 0 radical (unpaired) electrons. The SMILES string of the molecule is COc1cc2c(cc1NS(=O)(=O)O)CCC1C2CC[C@@]2(C)C1CC[C@@H]2O. The summed E-state index contributed by atoms with van der Waals surface area (Å²) in [5.41, 5.74) is 2.68. The number of aliphatic hydroxyl groups is 1. The molecule has 3 N–H and O–H groups in total. The van der Waals surface area contributed by atoms with Gasteiger partial charge < -0.3 is 9.84 Å². The first-order valence-electron chi connectivity index (χ1n) is 9.37. The summed E-state index contributed by atoms with van der Waals surface area (Å²) < 4.78 is 39.1. The van der Waals surface area contributed by atoms with Crippen molar-refractivity contribution >= 4 is 16.0 Å². The van der Waals surface area contributed by atoms with Crippen LogP contribution in [0.2, 0.25) is 0 Å². The molecule has 0 aromatic heterocycles. The Hall–Kier alpha value is -1.31. The molecule has 144 valence electrons. The van der Waals surface area contributed by atoms with E-state index in [0.29, 0.717) is 23.5 Å². The van der Waals surface area contributed by atoms with E-state index in [-0.39, 0.29) is 17.2 Å². The average Bonchev–Trinajstić information content (AvgIpc) is 2.88. The summed E-state index contributed by atoms with van der Waals surface area (Å²) in [5, 5.41) is 10.5. The van der Waals surface area contributed by atoms with E-state index in [0.717, 1.165) is 44.1 Å². The van der Waals surface area contributed by atoms with Crippen LogP contribution in [0.15, 0.2) is 12.1 Å². The number of aryl methyl sites for hydroxylation is 1. The lowest BCUT2D eigenvalue weighted by atomic mass is 9.55. The Morgan fingerprint density at radius 3 is 2.69 bits per heavy atom. The van der Waals surface area contributed by atoms with Crippen molar-refractivity contribution in [1.29, 1.82) is 0 Å². The number of fused-ring (bicyclic) bond motifs is 5. The molecule has 1 aromatic rings. The molecule has 0 heterocycles. The molecule has 0 bridgehead atoms. The lowest BCUT2D eigenvalue weighted by Gasteiger charge is -2.50. The highest BCUT2D eigenvalue weighted by Gasteiger charge is 2.54. The molecule has 6 nitrogen and oxygen atoms in total. The van der Waals surface area contributed by atoms with Crippen LogP contribution in [-0.4, -0.2) is 31.3 Å². The van der Waals surface area contributed by atoms with Gasteiger partial charge in [0.25, 0.3) is 0 Å². The molecule has 0 amide bonds. The van der Waals surface area contributed by atoms with E-state index in [4.69, 9.17) is 9.29 Å². The fourth-order valence-corrected chi connectivity index (χ4v) is 6.40. The van der Waals surface area contributed by atoms with Crippen molar-refractivity contribution in [2.45, 2.75) is 57.5 Å². The number of aliphatic hydroxyl groups excluding tert-OH is 1. The molecule has 4 rings (SSSR count). The van der Waals surface area contributed by atoms with Crippen LogP contribution < -0.4 is 9.46 Å². The number of rotatable bonds is 3. The summed E-state index contributed by atoms with van der Waals surface area (Å²) in [6, 6.07) is 3.74. The van der Waals surface area contributed by atoms with Gasteiger partial charge in [-0.25, -0.2) is 0 Å². The van der Waals surface area contributed by atoms with Gasteiger partial charge in [0.05, 0.1) is 18.9 Å². The van der Waals surface area contributed by atoms with Gasteiger partial charge in [-0.1, -0.05) is 6.92 Å². The second-order valence-electron chi connectivity index (χ2n) is 8.38. The number of hydrogen-bond donors (Lipinski definition) is 3. The molecule has 1 aromatic carbocycles. The Morgan fingerprint density at radius 1 is 1.23 bits per heavy atom. The molecule has 0 saturated heterocycles. The van der Waals surface area contributed by atoms with Gasteiger partial charge in [-0.15, -0.1) is 0 Å². The number of benzene rings is 1. The van der Waals surface area contributed by atoms with Crippen LogP contribution in [0.5, 0.6) is 5.75 Å². The van der Waals surface area contributed by atoms with Gasteiger partial charge in [-0.3, -0.25) is 9.27 Å². The third-order valence-corrected chi connectivity index (χ3v) is 7.71. The molecular formula is C19H27NO5S. The monoisotopic (exact) mass is 381 g/mol. The zero-order valence-electron chi connectivity index (χ0n) is 15.2. The zero-order chi connectivity index (χ0) is 18.7. The highest BCUT2D eigenvalue weighted by Crippen LogP contribution is 2.61. The number of nitrogens with one attached hydrogen (secondary N) is 1. The summed E-state index contributed by atoms with van der Waals surface area (Å²) in [5.74, 6) is 1.96. The third kappa shape index (κ3) is 2.80. The fourth-order valence-electron chi connectivity index (χ4n) is 5.96. The number of methoxy groups -OCH3 is 1. The maximum atomic E-state index is 11.2. The second kappa shape index (κ2) is 6.11. The lowest BCUT2D eigenvalue weighted by Crippen LogP contribution is -2.43. The van der Waals surface area contributed by atoms with E-state index < -0.39 is 10.3 Å². The largest absolute Gasteiger partial charge is 0.495 e. The van der Waals surface area contributed by atoms with Crippen molar-refractivity contribution in [1.82, 2.24) is 0 Å². The normalized spacial score (nSPS) is 36.0. The number of anilines is 1. The van der Waals surface area contributed by atoms with Crippen LogP contribution in [-0.2, 0) is 16.7 Å².